The predicted octanol–water partition coefficient (Wildman–Crippen LogP) is 0.623. The minimum absolute atomic E-state index is 1.17. The predicted molar refractivity (Wildman–Crippen MR) is 38.0 cm³/mol. The molecular formula is C7H11NW2-2. The molecule has 0 heterocycles. The van der Waals surface area contributed by atoms with Crippen molar-refractivity contribution in [3.8, 4) is 0 Å². The van der Waals surface area contributed by atoms with Crippen LogP contribution >= 0.6 is 0 Å². The molecule has 0 aromatic rings. The first kappa shape index (κ1) is 13.4. The van der Waals surface area contributed by atoms with Gasteiger partial charge >= 0.3 is 85.3 Å². The van der Waals surface area contributed by atoms with Gasteiger partial charge in [0.15, 0.2) is 0 Å². The van der Waals surface area contributed by atoms with E-state index in [-0.39, 0.29) is 0 Å². The first-order valence-electron chi connectivity index (χ1n) is 2.88. The number of hydrogen-bond acceptors (Lipinski definition) is 1. The monoisotopic (exact) mass is 477 g/mol. The molecule has 0 radical (unpaired) electrons. The Morgan fingerprint density at radius 3 is 2.30 bits per heavy atom. The van der Waals surface area contributed by atoms with Crippen molar-refractivity contribution in [2.45, 2.75) is 19.8 Å². The Morgan fingerprint density at radius 1 is 1.80 bits per heavy atom. The van der Waals surface area contributed by atoms with Gasteiger partial charge < -0.3 is 0 Å². The number of allylic oxidation sites excluding steroid dienone is 1. The summed E-state index contributed by atoms with van der Waals surface area (Å²) >= 11 is 2.70. The van der Waals surface area contributed by atoms with Gasteiger partial charge in [-0.3, -0.25) is 0 Å². The summed E-state index contributed by atoms with van der Waals surface area (Å²) in [4.78, 5) is 0. The first-order chi connectivity index (χ1) is 4.72. The third-order valence-corrected chi connectivity index (χ3v) is 1.90. The molecule has 0 amide bonds. The Balaban J connectivity index is 0. The molecule has 0 aliphatic carbocycles. The summed E-state index contributed by atoms with van der Waals surface area (Å²) in [6.07, 6.45) is 4.09. The quantitative estimate of drug-likeness (QED) is 0.469. The molecular weight excluding hydrogens is 466 g/mol. The van der Waals surface area contributed by atoms with Crippen molar-refractivity contribution in [2.24, 2.45) is 5.73 Å². The zero-order valence-corrected chi connectivity index (χ0v) is 11.8. The number of nitrogens with two attached hydrogens (primary N) is 1. The molecule has 0 unspecified atom stereocenters. The molecule has 10 heavy (non-hydrogen) atoms. The fraction of sp³-hybridized carbons (Fsp3) is 0.429. The zero-order valence-electron chi connectivity index (χ0n) is 5.96. The molecule has 58 valence electrons. The topological polar surface area (TPSA) is 26.0 Å². The van der Waals surface area contributed by atoms with Gasteiger partial charge in [-0.15, -0.1) is 0 Å². The van der Waals surface area contributed by atoms with E-state index < -0.39 is 0 Å². The van der Waals surface area contributed by atoms with E-state index in [1.807, 2.05) is 0 Å². The Kier molecular flexibility index (Phi) is 16.7. The SMILES string of the molecule is N[C-]=[W].[CH-]=C[C](=[W])CCC. The van der Waals surface area contributed by atoms with Crippen LogP contribution in [0.15, 0.2) is 6.08 Å². The molecule has 3 heteroatoms. The van der Waals surface area contributed by atoms with E-state index in [1.54, 1.807) is 6.08 Å². The Hall–Kier alpha value is 0.817. The van der Waals surface area contributed by atoms with E-state index in [0.29, 0.717) is 0 Å². The molecule has 0 aromatic carbocycles. The summed E-state index contributed by atoms with van der Waals surface area (Å²) < 4.78 is 3.70. The van der Waals surface area contributed by atoms with Crippen LogP contribution in [-0.4, -0.2) is 8.42 Å². The normalized spacial score (nSPS) is 7.00. The van der Waals surface area contributed by atoms with Gasteiger partial charge in [-0.25, -0.2) is 0 Å². The van der Waals surface area contributed by atoms with Crippen LogP contribution in [0.25, 0.3) is 0 Å². The Labute approximate surface area is 84.9 Å². The summed E-state index contributed by atoms with van der Waals surface area (Å²) in [6, 6.07) is 0. The molecule has 1 nitrogen and oxygen atoms in total. The molecule has 2 N–H and O–H groups in total. The maximum absolute atomic E-state index is 5.22. The van der Waals surface area contributed by atoms with E-state index in [0.717, 1.165) is 0 Å². The molecule has 0 aliphatic rings. The molecule has 0 rings (SSSR count). The van der Waals surface area contributed by atoms with Gasteiger partial charge in [0.25, 0.3) is 0 Å². The van der Waals surface area contributed by atoms with Crippen molar-refractivity contribution < 1.29 is 38.7 Å². The first-order valence-corrected chi connectivity index (χ1v) is 5.81. The average molecular weight is 477 g/mol. The molecule has 0 bridgehead atoms. The Morgan fingerprint density at radius 2 is 2.20 bits per heavy atom. The zero-order chi connectivity index (χ0) is 8.41. The van der Waals surface area contributed by atoms with Crippen molar-refractivity contribution in [1.29, 1.82) is 0 Å². The fourth-order valence-corrected chi connectivity index (χ4v) is 1.06. The summed E-state index contributed by atoms with van der Waals surface area (Å²) in [5.41, 5.74) is 4.63. The summed E-state index contributed by atoms with van der Waals surface area (Å²) in [5, 5.41) is 0. The third-order valence-electron chi connectivity index (χ3n) is 0.682. The van der Waals surface area contributed by atoms with Crippen LogP contribution in [0.3, 0.4) is 0 Å². The van der Waals surface area contributed by atoms with Crippen molar-refractivity contribution in [3.05, 3.63) is 12.7 Å². The van der Waals surface area contributed by atoms with E-state index in [1.165, 1.54) is 55.4 Å². The second-order valence-electron chi connectivity index (χ2n) is 1.50. The second-order valence-corrected chi connectivity index (χ2v) is 4.23. The minimum atomic E-state index is 1.17. The molecule has 0 atom stereocenters. The fourth-order valence-electron chi connectivity index (χ4n) is 0.330. The van der Waals surface area contributed by atoms with Crippen LogP contribution in [0, 0.1) is 6.58 Å². The number of hydrogen-bond donors (Lipinski definition) is 1. The van der Waals surface area contributed by atoms with Gasteiger partial charge in [0.1, 0.15) is 0 Å². The molecule has 0 aromatic heterocycles. The second kappa shape index (κ2) is 12.5. The van der Waals surface area contributed by atoms with Crippen LogP contribution in [0.5, 0.6) is 0 Å². The van der Waals surface area contributed by atoms with Crippen LogP contribution < -0.4 is 5.73 Å². The van der Waals surface area contributed by atoms with Crippen molar-refractivity contribution >= 4 is 8.42 Å². The summed E-state index contributed by atoms with van der Waals surface area (Å²) in [5.74, 6) is 0. The molecule has 0 fully saturated rings. The standard InChI is InChI=1S/C6H9.CH2N.2W/c1-3-5-6-4-2;1-2;;/h1,3H,4,6H2,2H3;2H2;;/q2*-1;;. The van der Waals surface area contributed by atoms with Gasteiger partial charge in [0.2, 0.25) is 0 Å². The van der Waals surface area contributed by atoms with Gasteiger partial charge in [0.05, 0.1) is 0 Å². The summed E-state index contributed by atoms with van der Waals surface area (Å²) in [6.45, 7) is 7.38. The van der Waals surface area contributed by atoms with Crippen LogP contribution in [0.1, 0.15) is 19.8 Å². The maximum atomic E-state index is 5.22. The van der Waals surface area contributed by atoms with Crippen molar-refractivity contribution in [3.63, 3.8) is 0 Å². The van der Waals surface area contributed by atoms with E-state index in [2.05, 4.69) is 17.2 Å². The number of rotatable bonds is 3. The average Bonchev–Trinajstić information content (AvgIpc) is 1.90. The van der Waals surface area contributed by atoms with Gasteiger partial charge in [-0.1, -0.05) is 0 Å². The van der Waals surface area contributed by atoms with Crippen LogP contribution in [0.4, 0.5) is 0 Å². The van der Waals surface area contributed by atoms with Crippen molar-refractivity contribution in [1.82, 2.24) is 0 Å². The van der Waals surface area contributed by atoms with Gasteiger partial charge in [-0.2, -0.15) is 0 Å². The molecule has 0 aliphatic heterocycles. The van der Waals surface area contributed by atoms with E-state index >= 15 is 0 Å². The Bertz CT molecular complexity index is 110. The van der Waals surface area contributed by atoms with Crippen molar-refractivity contribution in [2.75, 3.05) is 0 Å². The summed E-state index contributed by atoms with van der Waals surface area (Å²) in [7, 11) is 0. The van der Waals surface area contributed by atoms with Crippen LogP contribution in [0.2, 0.25) is 0 Å². The van der Waals surface area contributed by atoms with Crippen LogP contribution in [-0.2, 0) is 38.7 Å². The molecule has 0 spiro atoms. The van der Waals surface area contributed by atoms with E-state index in [9.17, 15) is 0 Å². The molecule has 0 saturated heterocycles. The van der Waals surface area contributed by atoms with Gasteiger partial charge in [-0.05, 0) is 0 Å². The third kappa shape index (κ3) is 15.9. The molecule has 0 saturated carbocycles. The van der Waals surface area contributed by atoms with E-state index in [4.69, 9.17) is 6.58 Å². The van der Waals surface area contributed by atoms with Gasteiger partial charge in [0, 0.05) is 0 Å².